The smallest absolute Gasteiger partial charge is 0.148 e. The largest absolute Gasteiger partial charge is 0.389 e. The Morgan fingerprint density at radius 2 is 2.26 bits per heavy atom. The van der Waals surface area contributed by atoms with Crippen LogP contribution in [0.15, 0.2) is 23.1 Å². The van der Waals surface area contributed by atoms with Crippen LogP contribution in [0.3, 0.4) is 0 Å². The molecule has 6 nitrogen and oxygen atoms in total. The number of allylic oxidation sites excluding steroid dienone is 1. The molecular formula is C12H10BrN5O. The van der Waals surface area contributed by atoms with Crippen molar-refractivity contribution in [1.29, 1.82) is 5.26 Å². The molecule has 2 aromatic rings. The van der Waals surface area contributed by atoms with Gasteiger partial charge in [0.1, 0.15) is 28.5 Å². The van der Waals surface area contributed by atoms with E-state index in [1.807, 2.05) is 10.6 Å². The van der Waals surface area contributed by atoms with Crippen LogP contribution in [-0.4, -0.2) is 25.7 Å². The maximum Gasteiger partial charge on any atom is 0.148 e. The molecule has 0 saturated carbocycles. The fourth-order valence-corrected chi connectivity index (χ4v) is 3.10. The van der Waals surface area contributed by atoms with Crippen LogP contribution in [0.25, 0.3) is 11.0 Å². The molecule has 3 N–H and O–H groups in total. The van der Waals surface area contributed by atoms with Gasteiger partial charge in [0.05, 0.1) is 23.1 Å². The zero-order valence-corrected chi connectivity index (χ0v) is 11.4. The summed E-state index contributed by atoms with van der Waals surface area (Å²) in [6, 6.07) is 2.07. The molecule has 7 heteroatoms. The second kappa shape index (κ2) is 4.33. The molecule has 0 unspecified atom stereocenters. The third kappa shape index (κ3) is 1.72. The van der Waals surface area contributed by atoms with Crippen molar-refractivity contribution in [3.8, 4) is 6.07 Å². The molecule has 19 heavy (non-hydrogen) atoms. The van der Waals surface area contributed by atoms with E-state index in [0.717, 1.165) is 0 Å². The molecule has 0 aromatic carbocycles. The van der Waals surface area contributed by atoms with E-state index in [4.69, 9.17) is 5.73 Å². The molecule has 0 bridgehead atoms. The molecule has 2 atom stereocenters. The lowest BCUT2D eigenvalue weighted by Crippen LogP contribution is -2.09. The fourth-order valence-electron chi connectivity index (χ4n) is 2.39. The van der Waals surface area contributed by atoms with Crippen LogP contribution >= 0.6 is 15.9 Å². The van der Waals surface area contributed by atoms with E-state index in [2.05, 4.69) is 32.0 Å². The number of anilines is 1. The van der Waals surface area contributed by atoms with E-state index in [-0.39, 0.29) is 11.9 Å². The van der Waals surface area contributed by atoms with Crippen molar-refractivity contribution in [1.82, 2.24) is 14.5 Å². The summed E-state index contributed by atoms with van der Waals surface area (Å²) in [6.07, 6.45) is 5.08. The number of fused-ring (bicyclic) bond motifs is 1. The summed E-state index contributed by atoms with van der Waals surface area (Å²) in [7, 11) is 0. The molecule has 2 aromatic heterocycles. The standard InChI is InChI=1S/C12H10BrN5O/c13-10-8(4-14)9-11(15)16-5-17-12(9)18(10)6-1-2-7(19)3-6/h1-2,5-7,19H,3H2,(H2,15,16,17)/t6-,7+/m1/s1. The first kappa shape index (κ1) is 12.1. The van der Waals surface area contributed by atoms with Gasteiger partial charge in [-0.25, -0.2) is 9.97 Å². The van der Waals surface area contributed by atoms with Crippen molar-refractivity contribution in [3.63, 3.8) is 0 Å². The summed E-state index contributed by atoms with van der Waals surface area (Å²) < 4.78 is 2.47. The van der Waals surface area contributed by atoms with E-state index >= 15 is 0 Å². The maximum atomic E-state index is 9.60. The van der Waals surface area contributed by atoms with E-state index in [9.17, 15) is 10.4 Å². The van der Waals surface area contributed by atoms with Gasteiger partial charge >= 0.3 is 0 Å². The Morgan fingerprint density at radius 1 is 1.47 bits per heavy atom. The normalized spacial score (nSPS) is 21.9. The summed E-state index contributed by atoms with van der Waals surface area (Å²) in [5.41, 5.74) is 6.85. The van der Waals surface area contributed by atoms with Crippen molar-refractivity contribution in [2.75, 3.05) is 5.73 Å². The number of aliphatic hydroxyl groups excluding tert-OH is 1. The molecule has 3 rings (SSSR count). The first-order valence-corrected chi connectivity index (χ1v) is 6.49. The molecule has 0 spiro atoms. The first-order chi connectivity index (χ1) is 9.13. The second-order valence-electron chi connectivity index (χ2n) is 4.36. The molecule has 96 valence electrons. The average Bonchev–Trinajstić information content (AvgIpc) is 2.91. The topological polar surface area (TPSA) is 101 Å². The van der Waals surface area contributed by atoms with Gasteiger partial charge in [-0.3, -0.25) is 0 Å². The molecule has 0 radical (unpaired) electrons. The zero-order valence-electron chi connectivity index (χ0n) is 9.79. The van der Waals surface area contributed by atoms with Gasteiger partial charge < -0.3 is 15.4 Å². The highest BCUT2D eigenvalue weighted by Gasteiger charge is 2.26. The zero-order chi connectivity index (χ0) is 13.6. The van der Waals surface area contributed by atoms with Gasteiger partial charge in [0, 0.05) is 6.42 Å². The van der Waals surface area contributed by atoms with Crippen molar-refractivity contribution in [3.05, 3.63) is 28.6 Å². The van der Waals surface area contributed by atoms with Crippen LogP contribution in [0.5, 0.6) is 0 Å². The minimum atomic E-state index is -0.473. The minimum absolute atomic E-state index is 0.0525. The van der Waals surface area contributed by atoms with Crippen LogP contribution in [0, 0.1) is 11.3 Å². The van der Waals surface area contributed by atoms with E-state index in [1.165, 1.54) is 6.33 Å². The monoisotopic (exact) mass is 319 g/mol. The van der Waals surface area contributed by atoms with Crippen LogP contribution in [0.1, 0.15) is 18.0 Å². The van der Waals surface area contributed by atoms with Crippen molar-refractivity contribution in [2.45, 2.75) is 18.6 Å². The number of nitrogens with two attached hydrogens (primary N) is 1. The number of halogens is 1. The summed E-state index contributed by atoms with van der Waals surface area (Å²) in [5, 5.41) is 19.4. The van der Waals surface area contributed by atoms with E-state index in [1.54, 1.807) is 6.08 Å². The van der Waals surface area contributed by atoms with Gasteiger partial charge in [0.2, 0.25) is 0 Å². The van der Waals surface area contributed by atoms with Gasteiger partial charge in [0.25, 0.3) is 0 Å². The van der Waals surface area contributed by atoms with Crippen LogP contribution < -0.4 is 5.73 Å². The van der Waals surface area contributed by atoms with Crippen LogP contribution in [0.2, 0.25) is 0 Å². The Labute approximate surface area is 117 Å². The van der Waals surface area contributed by atoms with Gasteiger partial charge in [-0.15, -0.1) is 0 Å². The van der Waals surface area contributed by atoms with Crippen molar-refractivity contribution >= 4 is 32.8 Å². The number of nitriles is 1. The number of rotatable bonds is 1. The average molecular weight is 320 g/mol. The minimum Gasteiger partial charge on any atom is -0.389 e. The number of nitrogens with zero attached hydrogens (tertiary/aromatic N) is 4. The van der Waals surface area contributed by atoms with E-state index < -0.39 is 6.10 Å². The predicted molar refractivity (Wildman–Crippen MR) is 73.2 cm³/mol. The summed E-state index contributed by atoms with van der Waals surface area (Å²) in [6.45, 7) is 0. The molecule has 2 heterocycles. The Bertz CT molecular complexity index is 730. The van der Waals surface area contributed by atoms with Crippen molar-refractivity contribution < 1.29 is 5.11 Å². The van der Waals surface area contributed by atoms with Crippen molar-refractivity contribution in [2.24, 2.45) is 0 Å². The predicted octanol–water partition coefficient (Wildman–Crippen LogP) is 1.51. The number of nitrogen functional groups attached to an aromatic ring is 1. The lowest BCUT2D eigenvalue weighted by atomic mass is 10.2. The molecule has 0 amide bonds. The van der Waals surface area contributed by atoms with Crippen LogP contribution in [0.4, 0.5) is 5.82 Å². The number of hydrogen-bond donors (Lipinski definition) is 2. The van der Waals surface area contributed by atoms with Crippen LogP contribution in [-0.2, 0) is 0 Å². The highest BCUT2D eigenvalue weighted by Crippen LogP contribution is 2.37. The summed E-state index contributed by atoms with van der Waals surface area (Å²) in [4.78, 5) is 8.14. The summed E-state index contributed by atoms with van der Waals surface area (Å²) >= 11 is 3.42. The molecule has 0 fully saturated rings. The van der Waals surface area contributed by atoms with Gasteiger partial charge in [-0.2, -0.15) is 5.26 Å². The van der Waals surface area contributed by atoms with E-state index in [0.29, 0.717) is 27.6 Å². The second-order valence-corrected chi connectivity index (χ2v) is 5.11. The number of aliphatic hydroxyl groups is 1. The quantitative estimate of drug-likeness (QED) is 0.776. The Morgan fingerprint density at radius 3 is 2.89 bits per heavy atom. The lowest BCUT2D eigenvalue weighted by molar-refractivity contribution is 0.211. The van der Waals surface area contributed by atoms with Gasteiger partial charge in [0.15, 0.2) is 0 Å². The first-order valence-electron chi connectivity index (χ1n) is 5.69. The Kier molecular flexibility index (Phi) is 2.77. The summed E-state index contributed by atoms with van der Waals surface area (Å²) in [5.74, 6) is 0.281. The lowest BCUT2D eigenvalue weighted by Gasteiger charge is -2.13. The molecule has 0 saturated heterocycles. The third-order valence-electron chi connectivity index (χ3n) is 3.23. The SMILES string of the molecule is N#Cc1c(Br)n([C@@H]2C=C[C@H](O)C2)c2ncnc(N)c12. The molecular weight excluding hydrogens is 310 g/mol. The fraction of sp³-hybridized carbons (Fsp3) is 0.250. The van der Waals surface area contributed by atoms with Gasteiger partial charge in [-0.1, -0.05) is 12.2 Å². The number of aromatic nitrogens is 3. The van der Waals surface area contributed by atoms with Gasteiger partial charge in [-0.05, 0) is 15.9 Å². The Balaban J connectivity index is 2.31. The highest BCUT2D eigenvalue weighted by atomic mass is 79.9. The Hall–Kier alpha value is -1.91. The molecule has 1 aliphatic carbocycles. The molecule has 1 aliphatic rings. The maximum absolute atomic E-state index is 9.60. The highest BCUT2D eigenvalue weighted by molar-refractivity contribution is 9.10. The number of hydrogen-bond acceptors (Lipinski definition) is 5. The molecule has 0 aliphatic heterocycles. The third-order valence-corrected chi connectivity index (χ3v) is 4.01.